The summed E-state index contributed by atoms with van der Waals surface area (Å²) >= 11 is 14.6. The third-order valence-electron chi connectivity index (χ3n) is 5.54. The molecule has 0 spiro atoms. The molecule has 0 fully saturated rings. The lowest BCUT2D eigenvalue weighted by molar-refractivity contribution is -0.113. The van der Waals surface area contributed by atoms with E-state index in [-0.39, 0.29) is 17.2 Å². The first-order chi connectivity index (χ1) is 18.7. The number of rotatable bonds is 10. The molecular weight excluding hydrogens is 586 g/mol. The molecule has 4 aromatic rings. The molecule has 0 aliphatic heterocycles. The van der Waals surface area contributed by atoms with Crippen molar-refractivity contribution < 1.29 is 23.5 Å². The van der Waals surface area contributed by atoms with Gasteiger partial charge in [0.15, 0.2) is 17.1 Å². The molecule has 2 aromatic carbocycles. The van der Waals surface area contributed by atoms with Crippen LogP contribution in [0.5, 0.6) is 5.75 Å². The van der Waals surface area contributed by atoms with Crippen LogP contribution in [-0.4, -0.2) is 39.5 Å². The fraction of sp³-hybridized carbons (Fsp3) is 0.231. The normalized spacial score (nSPS) is 11.7. The first-order valence-electron chi connectivity index (χ1n) is 11.6. The Bertz CT molecular complexity index is 1490. The molecule has 0 saturated heterocycles. The molecule has 0 bridgehead atoms. The van der Waals surface area contributed by atoms with Gasteiger partial charge in [0.05, 0.1) is 17.9 Å². The molecule has 39 heavy (non-hydrogen) atoms. The molecule has 0 radical (unpaired) electrons. The van der Waals surface area contributed by atoms with Crippen LogP contribution in [0.2, 0.25) is 10.0 Å². The summed E-state index contributed by atoms with van der Waals surface area (Å²) in [5, 5.41) is 14.8. The maximum atomic E-state index is 13.4. The second-order valence-electron chi connectivity index (χ2n) is 8.11. The van der Waals surface area contributed by atoms with E-state index in [0.29, 0.717) is 49.4 Å². The van der Waals surface area contributed by atoms with Crippen molar-refractivity contribution in [3.63, 3.8) is 0 Å². The number of nitrogens with zero attached hydrogens (tertiary/aromatic N) is 3. The number of carbonyl (C=O) groups excluding carboxylic acids is 2. The van der Waals surface area contributed by atoms with E-state index in [1.165, 1.54) is 42.3 Å². The third kappa shape index (κ3) is 6.73. The van der Waals surface area contributed by atoms with Crippen molar-refractivity contribution in [2.45, 2.75) is 31.7 Å². The van der Waals surface area contributed by atoms with Crippen LogP contribution in [0.4, 0.5) is 9.39 Å². The van der Waals surface area contributed by atoms with Gasteiger partial charge in [0.25, 0.3) is 0 Å². The maximum absolute atomic E-state index is 13.4. The van der Waals surface area contributed by atoms with Gasteiger partial charge in [0.1, 0.15) is 22.1 Å². The summed E-state index contributed by atoms with van der Waals surface area (Å²) in [4.78, 5) is 25.4. The zero-order valence-electron chi connectivity index (χ0n) is 21.0. The van der Waals surface area contributed by atoms with Gasteiger partial charge in [-0.2, -0.15) is 0 Å². The summed E-state index contributed by atoms with van der Waals surface area (Å²) in [5.74, 6) is -0.296. The van der Waals surface area contributed by atoms with Crippen LogP contribution in [-0.2, 0) is 16.1 Å². The lowest BCUT2D eigenvalue weighted by Crippen LogP contribution is -2.17. The van der Waals surface area contributed by atoms with Crippen molar-refractivity contribution in [3.8, 4) is 16.9 Å². The van der Waals surface area contributed by atoms with Crippen LogP contribution in [0, 0.1) is 5.82 Å². The molecule has 0 aliphatic rings. The third-order valence-corrected chi connectivity index (χ3v) is 7.94. The van der Waals surface area contributed by atoms with Gasteiger partial charge in [-0.3, -0.25) is 4.79 Å². The average molecular weight is 610 g/mol. The first-order valence-corrected chi connectivity index (χ1v) is 14.3. The quantitative estimate of drug-likeness (QED) is 0.151. The first kappa shape index (κ1) is 28.9. The number of hydrogen-bond donors (Lipinski definition) is 1. The van der Waals surface area contributed by atoms with Gasteiger partial charge in [-0.1, -0.05) is 47.1 Å². The molecule has 0 aliphatic carbocycles. The van der Waals surface area contributed by atoms with E-state index in [0.717, 1.165) is 0 Å². The van der Waals surface area contributed by atoms with E-state index >= 15 is 0 Å². The van der Waals surface area contributed by atoms with Crippen molar-refractivity contribution >= 4 is 63.2 Å². The van der Waals surface area contributed by atoms with E-state index in [9.17, 15) is 14.0 Å². The van der Waals surface area contributed by atoms with E-state index in [1.54, 1.807) is 35.7 Å². The highest BCUT2D eigenvalue weighted by Crippen LogP contribution is 2.37. The smallest absolute Gasteiger partial charge is 0.341 e. The van der Waals surface area contributed by atoms with E-state index < -0.39 is 17.9 Å². The number of thiophene rings is 1. The fourth-order valence-corrected chi connectivity index (χ4v) is 5.94. The predicted molar refractivity (Wildman–Crippen MR) is 152 cm³/mol. The van der Waals surface area contributed by atoms with Gasteiger partial charge >= 0.3 is 5.97 Å². The Kier molecular flexibility index (Phi) is 9.49. The molecule has 4 rings (SSSR count). The van der Waals surface area contributed by atoms with Crippen LogP contribution >= 0.6 is 46.3 Å². The highest BCUT2D eigenvalue weighted by atomic mass is 35.5. The highest BCUT2D eigenvalue weighted by Gasteiger charge is 2.24. The van der Waals surface area contributed by atoms with E-state index in [1.807, 2.05) is 18.4 Å². The lowest BCUT2D eigenvalue weighted by atomic mass is 10.0. The number of halogens is 3. The Labute approximate surface area is 242 Å². The number of methoxy groups -OCH3 is 1. The Morgan fingerprint density at radius 3 is 2.59 bits per heavy atom. The number of amides is 1. The molecule has 2 aromatic heterocycles. The van der Waals surface area contributed by atoms with E-state index in [4.69, 9.17) is 32.7 Å². The van der Waals surface area contributed by atoms with Crippen LogP contribution in [0.3, 0.4) is 0 Å². The molecule has 1 unspecified atom stereocenters. The van der Waals surface area contributed by atoms with Crippen molar-refractivity contribution in [1.29, 1.82) is 0 Å². The summed E-state index contributed by atoms with van der Waals surface area (Å²) in [6.07, 6.45) is -0.474. The molecular formula is C26H23Cl2FN4O4S2. The lowest BCUT2D eigenvalue weighted by Gasteiger charge is -2.16. The number of nitrogens with one attached hydrogen (secondary N) is 1. The number of carbonyl (C=O) groups is 2. The van der Waals surface area contributed by atoms with Gasteiger partial charge in [0, 0.05) is 22.5 Å². The monoisotopic (exact) mass is 608 g/mol. The summed E-state index contributed by atoms with van der Waals surface area (Å²) in [6.45, 7) is 4.31. The molecule has 204 valence electrons. The number of aromatic nitrogens is 3. The number of benzene rings is 2. The van der Waals surface area contributed by atoms with Crippen LogP contribution in [0.1, 0.15) is 36.1 Å². The Hall–Kier alpha value is -3.12. The number of anilines is 1. The molecule has 8 nitrogen and oxygen atoms in total. The number of hydrogen-bond acceptors (Lipinski definition) is 8. The molecule has 13 heteroatoms. The van der Waals surface area contributed by atoms with Crippen LogP contribution < -0.4 is 10.1 Å². The number of thioether (sulfide) groups is 1. The summed E-state index contributed by atoms with van der Waals surface area (Å²) in [5.41, 5.74) is 1.38. The largest absolute Gasteiger partial charge is 0.481 e. The van der Waals surface area contributed by atoms with Gasteiger partial charge in [0.2, 0.25) is 5.91 Å². The Balaban J connectivity index is 1.46. The van der Waals surface area contributed by atoms with Crippen LogP contribution in [0.15, 0.2) is 53.0 Å². The minimum absolute atomic E-state index is 0.0147. The maximum Gasteiger partial charge on any atom is 0.341 e. The average Bonchev–Trinajstić information content (AvgIpc) is 3.53. The fourth-order valence-electron chi connectivity index (χ4n) is 3.71. The molecule has 1 N–H and O–H groups in total. The minimum Gasteiger partial charge on any atom is -0.481 e. The minimum atomic E-state index is -0.608. The zero-order valence-corrected chi connectivity index (χ0v) is 24.2. The SMILES string of the molecule is CCn1c(SCC(=O)Nc2scc(-c3ccc(F)cc3)c2C(=O)OC)nnc1C(C)Oc1ccc(Cl)cc1Cl. The predicted octanol–water partition coefficient (Wildman–Crippen LogP) is 7.13. The van der Waals surface area contributed by atoms with Crippen molar-refractivity contribution in [2.24, 2.45) is 0 Å². The summed E-state index contributed by atoms with van der Waals surface area (Å²) in [6, 6.07) is 10.7. The van der Waals surface area contributed by atoms with Crippen molar-refractivity contribution in [2.75, 3.05) is 18.2 Å². The molecule has 1 amide bonds. The van der Waals surface area contributed by atoms with Crippen molar-refractivity contribution in [3.05, 3.63) is 75.1 Å². The van der Waals surface area contributed by atoms with Gasteiger partial charge in [-0.15, -0.1) is 21.5 Å². The Morgan fingerprint density at radius 1 is 1.18 bits per heavy atom. The Morgan fingerprint density at radius 2 is 1.92 bits per heavy atom. The summed E-state index contributed by atoms with van der Waals surface area (Å²) in [7, 11) is 1.26. The highest BCUT2D eigenvalue weighted by molar-refractivity contribution is 7.99. The number of esters is 1. The zero-order chi connectivity index (χ0) is 28.1. The second-order valence-corrected chi connectivity index (χ2v) is 10.8. The van der Waals surface area contributed by atoms with Gasteiger partial charge < -0.3 is 19.4 Å². The molecule has 2 heterocycles. The summed E-state index contributed by atoms with van der Waals surface area (Å²) < 4.78 is 26.1. The van der Waals surface area contributed by atoms with Crippen molar-refractivity contribution in [1.82, 2.24) is 14.8 Å². The van der Waals surface area contributed by atoms with Gasteiger partial charge in [-0.25, -0.2) is 9.18 Å². The molecule has 1 atom stereocenters. The standard InChI is InChI=1S/C26H23Cl2FN4O4S2/c1-4-33-23(14(2)37-20-10-7-16(27)11-19(20)28)31-32-26(33)39-13-21(34)30-24-22(25(35)36-3)18(12-38-24)15-5-8-17(29)9-6-15/h5-12,14H,4,13H2,1-3H3,(H,30,34). The van der Waals surface area contributed by atoms with E-state index in [2.05, 4.69) is 15.5 Å². The topological polar surface area (TPSA) is 95.3 Å². The molecule has 0 saturated carbocycles. The van der Waals surface area contributed by atoms with Gasteiger partial charge in [-0.05, 0) is 49.7 Å². The number of ether oxygens (including phenoxy) is 2. The van der Waals surface area contributed by atoms with Crippen LogP contribution in [0.25, 0.3) is 11.1 Å². The second kappa shape index (κ2) is 12.8.